The van der Waals surface area contributed by atoms with E-state index in [4.69, 9.17) is 0 Å². The molecule has 0 aromatic heterocycles. The smallest absolute Gasteiger partial charge is 0.258 e. The molecule has 0 amide bonds. The van der Waals surface area contributed by atoms with Crippen molar-refractivity contribution in [2.75, 3.05) is 7.05 Å². The van der Waals surface area contributed by atoms with Gasteiger partial charge in [-0.1, -0.05) is 18.2 Å². The molecule has 0 spiro atoms. The van der Waals surface area contributed by atoms with Crippen LogP contribution in [0.5, 0.6) is 0 Å². The summed E-state index contributed by atoms with van der Waals surface area (Å²) in [4.78, 5) is 10.3. The fourth-order valence-corrected chi connectivity index (χ4v) is 3.18. The standard InChI is InChI=1S/C19H19N2O2/c1-19(2)16-6-4-5-7-17(16)20(3)18(19)13-10-14-8-11-15(12-9-14)21(22)23/h4-13H,1-3H3/q+1/b13-10+. The summed E-state index contributed by atoms with van der Waals surface area (Å²) in [6, 6.07) is 15.0. The number of non-ortho nitro benzene ring substituents is 1. The van der Waals surface area contributed by atoms with Crippen LogP contribution in [-0.4, -0.2) is 22.3 Å². The minimum absolute atomic E-state index is 0.0668. The number of nitro benzene ring substituents is 1. The van der Waals surface area contributed by atoms with Crippen LogP contribution in [0.4, 0.5) is 11.4 Å². The summed E-state index contributed by atoms with van der Waals surface area (Å²) in [5.41, 5.74) is 4.73. The number of nitrogens with zero attached hydrogens (tertiary/aromatic N) is 2. The van der Waals surface area contributed by atoms with Crippen molar-refractivity contribution in [1.82, 2.24) is 0 Å². The first-order chi connectivity index (χ1) is 10.9. The molecule has 3 rings (SSSR count). The second kappa shape index (κ2) is 5.47. The molecule has 1 heterocycles. The lowest BCUT2D eigenvalue weighted by molar-refractivity contribution is -0.401. The van der Waals surface area contributed by atoms with Crippen LogP contribution in [0, 0.1) is 10.1 Å². The number of benzene rings is 2. The highest BCUT2D eigenvalue weighted by Gasteiger charge is 2.42. The van der Waals surface area contributed by atoms with Crippen molar-refractivity contribution >= 4 is 23.2 Å². The van der Waals surface area contributed by atoms with E-state index < -0.39 is 0 Å². The number of hydrogen-bond acceptors (Lipinski definition) is 2. The van der Waals surface area contributed by atoms with Gasteiger partial charge in [-0.05, 0) is 37.6 Å². The Morgan fingerprint density at radius 2 is 1.70 bits per heavy atom. The maximum atomic E-state index is 10.7. The van der Waals surface area contributed by atoms with Gasteiger partial charge in [0, 0.05) is 29.8 Å². The quantitative estimate of drug-likeness (QED) is 0.482. The molecule has 1 aliphatic heterocycles. The molecule has 0 aliphatic carbocycles. The molecule has 116 valence electrons. The summed E-state index contributed by atoms with van der Waals surface area (Å²) < 4.78 is 2.21. The third-order valence-corrected chi connectivity index (χ3v) is 4.48. The van der Waals surface area contributed by atoms with Gasteiger partial charge in [0.05, 0.1) is 10.3 Å². The highest BCUT2D eigenvalue weighted by molar-refractivity contribution is 6.05. The van der Waals surface area contributed by atoms with Gasteiger partial charge in [-0.2, -0.15) is 4.58 Å². The third-order valence-electron chi connectivity index (χ3n) is 4.48. The lowest BCUT2D eigenvalue weighted by Gasteiger charge is -2.15. The largest absolute Gasteiger partial charge is 0.269 e. The Hall–Kier alpha value is -2.75. The van der Waals surface area contributed by atoms with Gasteiger partial charge >= 0.3 is 0 Å². The fourth-order valence-electron chi connectivity index (χ4n) is 3.18. The van der Waals surface area contributed by atoms with Crippen LogP contribution in [0.3, 0.4) is 0 Å². The number of rotatable bonds is 3. The van der Waals surface area contributed by atoms with Crippen molar-refractivity contribution < 1.29 is 9.50 Å². The first-order valence-corrected chi connectivity index (χ1v) is 7.54. The predicted molar refractivity (Wildman–Crippen MR) is 92.4 cm³/mol. The molecule has 0 unspecified atom stereocenters. The topological polar surface area (TPSA) is 46.1 Å². The zero-order chi connectivity index (χ0) is 16.6. The SMILES string of the molecule is C[N+]1=C(/C=C/c2ccc([N+](=O)[O-])cc2)C(C)(C)c2ccccc21. The molecular weight excluding hydrogens is 288 g/mol. The highest BCUT2D eigenvalue weighted by atomic mass is 16.6. The van der Waals surface area contributed by atoms with E-state index in [1.54, 1.807) is 12.1 Å². The van der Waals surface area contributed by atoms with Crippen molar-refractivity contribution in [3.05, 3.63) is 75.8 Å². The Morgan fingerprint density at radius 1 is 1.04 bits per heavy atom. The Bertz CT molecular complexity index is 831. The molecule has 0 saturated carbocycles. The summed E-state index contributed by atoms with van der Waals surface area (Å²) in [6.07, 6.45) is 4.10. The van der Waals surface area contributed by atoms with E-state index in [-0.39, 0.29) is 16.0 Å². The van der Waals surface area contributed by atoms with E-state index in [0.717, 1.165) is 5.56 Å². The number of hydrogen-bond donors (Lipinski definition) is 0. The van der Waals surface area contributed by atoms with Gasteiger partial charge in [-0.3, -0.25) is 10.1 Å². The van der Waals surface area contributed by atoms with Crippen LogP contribution >= 0.6 is 0 Å². The van der Waals surface area contributed by atoms with Gasteiger partial charge in [0.25, 0.3) is 5.69 Å². The maximum Gasteiger partial charge on any atom is 0.269 e. The average Bonchev–Trinajstić information content (AvgIpc) is 2.73. The Labute approximate surface area is 135 Å². The third kappa shape index (κ3) is 2.57. The Kier molecular flexibility index (Phi) is 3.60. The second-order valence-electron chi connectivity index (χ2n) is 6.27. The molecule has 2 aromatic carbocycles. The summed E-state index contributed by atoms with van der Waals surface area (Å²) in [6.45, 7) is 4.43. The van der Waals surface area contributed by atoms with Gasteiger partial charge in [-0.25, -0.2) is 0 Å². The zero-order valence-electron chi connectivity index (χ0n) is 13.5. The van der Waals surface area contributed by atoms with E-state index in [0.29, 0.717) is 0 Å². The first-order valence-electron chi connectivity index (χ1n) is 7.54. The lowest BCUT2D eigenvalue weighted by atomic mass is 9.81. The minimum Gasteiger partial charge on any atom is -0.258 e. The maximum absolute atomic E-state index is 10.7. The highest BCUT2D eigenvalue weighted by Crippen LogP contribution is 2.39. The number of allylic oxidation sites excluding steroid dienone is 1. The molecule has 0 fully saturated rings. The normalized spacial score (nSPS) is 16.0. The summed E-state index contributed by atoms with van der Waals surface area (Å²) in [5, 5.41) is 10.7. The van der Waals surface area contributed by atoms with E-state index in [2.05, 4.69) is 49.7 Å². The Morgan fingerprint density at radius 3 is 2.30 bits per heavy atom. The van der Waals surface area contributed by atoms with Gasteiger partial charge in [0.2, 0.25) is 5.69 Å². The minimum atomic E-state index is -0.382. The molecule has 0 saturated heterocycles. The van der Waals surface area contributed by atoms with Crippen LogP contribution in [0.2, 0.25) is 0 Å². The fraction of sp³-hybridized carbons (Fsp3) is 0.211. The van der Waals surface area contributed by atoms with Crippen LogP contribution in [0.1, 0.15) is 25.0 Å². The molecule has 23 heavy (non-hydrogen) atoms. The molecule has 2 aromatic rings. The summed E-state index contributed by atoms with van der Waals surface area (Å²) in [7, 11) is 2.07. The van der Waals surface area contributed by atoms with Crippen LogP contribution in [0.15, 0.2) is 54.6 Å². The van der Waals surface area contributed by atoms with Gasteiger partial charge < -0.3 is 0 Å². The number of para-hydroxylation sites is 1. The monoisotopic (exact) mass is 307 g/mol. The molecule has 4 heteroatoms. The molecule has 0 bridgehead atoms. The van der Waals surface area contributed by atoms with Crippen molar-refractivity contribution in [3.63, 3.8) is 0 Å². The second-order valence-corrected chi connectivity index (χ2v) is 6.27. The van der Waals surface area contributed by atoms with Crippen molar-refractivity contribution in [2.45, 2.75) is 19.3 Å². The summed E-state index contributed by atoms with van der Waals surface area (Å²) >= 11 is 0. The van der Waals surface area contributed by atoms with Crippen molar-refractivity contribution in [3.8, 4) is 0 Å². The van der Waals surface area contributed by atoms with Gasteiger partial charge in [-0.15, -0.1) is 0 Å². The molecule has 1 aliphatic rings. The average molecular weight is 307 g/mol. The first kappa shape index (κ1) is 15.2. The number of fused-ring (bicyclic) bond motifs is 1. The van der Waals surface area contributed by atoms with Crippen LogP contribution < -0.4 is 0 Å². The molecule has 0 radical (unpaired) electrons. The van der Waals surface area contributed by atoms with Crippen LogP contribution in [-0.2, 0) is 5.41 Å². The number of nitro groups is 1. The zero-order valence-corrected chi connectivity index (χ0v) is 13.5. The molecule has 0 atom stereocenters. The molecule has 0 N–H and O–H groups in total. The van der Waals surface area contributed by atoms with Crippen molar-refractivity contribution in [1.29, 1.82) is 0 Å². The van der Waals surface area contributed by atoms with Crippen molar-refractivity contribution in [2.24, 2.45) is 0 Å². The van der Waals surface area contributed by atoms with Crippen LogP contribution in [0.25, 0.3) is 6.08 Å². The van der Waals surface area contributed by atoms with E-state index in [9.17, 15) is 10.1 Å². The predicted octanol–water partition coefficient (Wildman–Crippen LogP) is 4.31. The van der Waals surface area contributed by atoms with E-state index >= 15 is 0 Å². The van der Waals surface area contributed by atoms with E-state index in [1.165, 1.54) is 29.1 Å². The summed E-state index contributed by atoms with van der Waals surface area (Å²) in [5.74, 6) is 0. The van der Waals surface area contributed by atoms with Gasteiger partial charge in [0.15, 0.2) is 5.71 Å². The van der Waals surface area contributed by atoms with Gasteiger partial charge in [0.1, 0.15) is 7.05 Å². The Balaban J connectivity index is 1.94. The molecule has 4 nitrogen and oxygen atoms in total. The lowest BCUT2D eigenvalue weighted by Crippen LogP contribution is -2.26. The molecular formula is C19H19N2O2+. The van der Waals surface area contributed by atoms with E-state index in [1.807, 2.05) is 12.1 Å².